The molecule has 0 radical (unpaired) electrons. The summed E-state index contributed by atoms with van der Waals surface area (Å²) in [4.78, 5) is 11.7. The zero-order valence-corrected chi connectivity index (χ0v) is 10.4. The Morgan fingerprint density at radius 3 is 1.80 bits per heavy atom. The summed E-state index contributed by atoms with van der Waals surface area (Å²) in [6.45, 7) is 9.24. The minimum Gasteiger partial charge on any atom is -0.392 e. The van der Waals surface area contributed by atoms with Gasteiger partial charge in [0.1, 0.15) is 5.78 Å². The summed E-state index contributed by atoms with van der Waals surface area (Å²) in [5, 5.41) is 19.3. The highest BCUT2D eigenvalue weighted by molar-refractivity contribution is 5.81. The van der Waals surface area contributed by atoms with Crippen LogP contribution >= 0.6 is 0 Å². The number of carbonyl (C=O) groups excluding carboxylic acids is 1. The lowest BCUT2D eigenvalue weighted by atomic mass is 9.88. The summed E-state index contributed by atoms with van der Waals surface area (Å²) < 4.78 is 0. The van der Waals surface area contributed by atoms with Gasteiger partial charge in [0.25, 0.3) is 0 Å². The number of rotatable bonds is 6. The number of aliphatic hydroxyl groups is 2. The Labute approximate surface area is 92.5 Å². The van der Waals surface area contributed by atoms with Gasteiger partial charge in [-0.25, -0.2) is 0 Å². The smallest absolute Gasteiger partial charge is 0.140 e. The Morgan fingerprint density at radius 1 is 1.00 bits per heavy atom. The third kappa shape index (κ3) is 4.76. The lowest BCUT2D eigenvalue weighted by molar-refractivity contribution is -0.129. The second kappa shape index (κ2) is 6.23. The van der Waals surface area contributed by atoms with E-state index in [0.717, 1.165) is 0 Å². The Bertz CT molecular complexity index is 199. The average molecular weight is 216 g/mol. The maximum Gasteiger partial charge on any atom is 0.140 e. The zero-order valence-electron chi connectivity index (χ0n) is 10.4. The molecule has 2 N–H and O–H groups in total. The molecule has 0 rings (SSSR count). The van der Waals surface area contributed by atoms with E-state index in [4.69, 9.17) is 0 Å². The lowest BCUT2D eigenvalue weighted by Gasteiger charge is -2.23. The summed E-state index contributed by atoms with van der Waals surface area (Å²) >= 11 is 0. The molecule has 0 saturated heterocycles. The fourth-order valence-corrected chi connectivity index (χ4v) is 1.40. The molecule has 15 heavy (non-hydrogen) atoms. The molecule has 0 aliphatic heterocycles. The van der Waals surface area contributed by atoms with Gasteiger partial charge in [0.2, 0.25) is 0 Å². The molecule has 0 aliphatic carbocycles. The summed E-state index contributed by atoms with van der Waals surface area (Å²) in [6.07, 6.45) is -1.07. The van der Waals surface area contributed by atoms with Crippen molar-refractivity contribution in [3.8, 4) is 0 Å². The maximum atomic E-state index is 11.7. The summed E-state index contributed by atoms with van der Waals surface area (Å²) in [5.74, 6) is -0.298. The molecule has 3 heteroatoms. The van der Waals surface area contributed by atoms with E-state index in [1.54, 1.807) is 6.92 Å². The molecule has 0 aromatic carbocycles. The van der Waals surface area contributed by atoms with E-state index < -0.39 is 18.1 Å². The third-order valence-corrected chi connectivity index (χ3v) is 2.88. The van der Waals surface area contributed by atoms with Crippen LogP contribution in [0, 0.1) is 17.8 Å². The van der Waals surface area contributed by atoms with Crippen LogP contribution in [0.15, 0.2) is 0 Å². The standard InChI is InChI=1S/C12H24O3/c1-7(2)10(13)6-11(14)9(5)12(15)8(3)4/h7-10,12-13,15H,6H2,1-5H3/t9-,10+,12-/m1/s1. The first-order chi connectivity index (χ1) is 6.77. The summed E-state index contributed by atoms with van der Waals surface area (Å²) in [6, 6.07) is 0. The fraction of sp³-hybridized carbons (Fsp3) is 0.917. The highest BCUT2D eigenvalue weighted by Gasteiger charge is 2.26. The maximum absolute atomic E-state index is 11.7. The molecule has 0 heterocycles. The lowest BCUT2D eigenvalue weighted by Crippen LogP contribution is -2.32. The van der Waals surface area contributed by atoms with E-state index in [0.29, 0.717) is 0 Å². The highest BCUT2D eigenvalue weighted by atomic mass is 16.3. The Morgan fingerprint density at radius 2 is 1.47 bits per heavy atom. The van der Waals surface area contributed by atoms with Gasteiger partial charge in [-0.15, -0.1) is 0 Å². The molecule has 0 bridgehead atoms. The molecule has 3 nitrogen and oxygen atoms in total. The molecule has 0 amide bonds. The minimum absolute atomic E-state index is 0.0580. The molecule has 0 saturated carbocycles. The van der Waals surface area contributed by atoms with E-state index in [1.807, 2.05) is 27.7 Å². The van der Waals surface area contributed by atoms with Crippen molar-refractivity contribution in [1.29, 1.82) is 0 Å². The van der Waals surface area contributed by atoms with Gasteiger partial charge in [-0.05, 0) is 11.8 Å². The Balaban J connectivity index is 4.21. The van der Waals surface area contributed by atoms with Crippen LogP contribution in [0.5, 0.6) is 0 Å². The highest BCUT2D eigenvalue weighted by Crippen LogP contribution is 2.17. The molecule has 0 fully saturated rings. The van der Waals surface area contributed by atoms with E-state index in [2.05, 4.69) is 0 Å². The predicted octanol–water partition coefficient (Wildman–Crippen LogP) is 1.62. The van der Waals surface area contributed by atoms with Crippen LogP contribution in [0.2, 0.25) is 0 Å². The van der Waals surface area contributed by atoms with Gasteiger partial charge in [0.15, 0.2) is 0 Å². The number of Topliss-reactive ketones (excluding diaryl/α,β-unsaturated/α-hetero) is 1. The number of ketones is 1. The van der Waals surface area contributed by atoms with Crippen LogP contribution in [0.1, 0.15) is 41.0 Å². The van der Waals surface area contributed by atoms with E-state index in [9.17, 15) is 15.0 Å². The first kappa shape index (κ1) is 14.6. The number of hydrogen-bond donors (Lipinski definition) is 2. The number of hydrogen-bond acceptors (Lipinski definition) is 3. The van der Waals surface area contributed by atoms with Crippen molar-refractivity contribution in [3.05, 3.63) is 0 Å². The quantitative estimate of drug-likeness (QED) is 0.709. The predicted molar refractivity (Wildman–Crippen MR) is 60.5 cm³/mol. The van der Waals surface area contributed by atoms with Gasteiger partial charge in [0.05, 0.1) is 12.2 Å². The molecule has 90 valence electrons. The largest absolute Gasteiger partial charge is 0.392 e. The van der Waals surface area contributed by atoms with Crippen molar-refractivity contribution in [3.63, 3.8) is 0 Å². The Kier molecular flexibility index (Phi) is 6.06. The molecule has 0 aliphatic rings. The van der Waals surface area contributed by atoms with Gasteiger partial charge in [-0.3, -0.25) is 4.79 Å². The number of aliphatic hydroxyl groups excluding tert-OH is 2. The molecular formula is C12H24O3. The van der Waals surface area contributed by atoms with Gasteiger partial charge in [0, 0.05) is 12.3 Å². The third-order valence-electron chi connectivity index (χ3n) is 2.88. The van der Waals surface area contributed by atoms with Crippen LogP contribution in [0.3, 0.4) is 0 Å². The molecule has 0 aromatic rings. The van der Waals surface area contributed by atoms with Gasteiger partial charge < -0.3 is 10.2 Å². The van der Waals surface area contributed by atoms with Crippen molar-refractivity contribution in [2.45, 2.75) is 53.2 Å². The van der Waals surface area contributed by atoms with Crippen LogP contribution < -0.4 is 0 Å². The normalized spacial score (nSPS) is 17.9. The van der Waals surface area contributed by atoms with Crippen molar-refractivity contribution >= 4 is 5.78 Å². The molecule has 0 unspecified atom stereocenters. The van der Waals surface area contributed by atoms with E-state index in [-0.39, 0.29) is 24.0 Å². The molecule has 3 atom stereocenters. The first-order valence-electron chi connectivity index (χ1n) is 5.66. The van der Waals surface area contributed by atoms with Gasteiger partial charge in [-0.2, -0.15) is 0 Å². The van der Waals surface area contributed by atoms with Crippen molar-refractivity contribution < 1.29 is 15.0 Å². The van der Waals surface area contributed by atoms with Crippen LogP contribution in [-0.4, -0.2) is 28.2 Å². The molecule has 0 aromatic heterocycles. The SMILES string of the molecule is CC(C)[C@@H](O)[C@H](C)C(=O)C[C@H](O)C(C)C. The van der Waals surface area contributed by atoms with Crippen LogP contribution in [-0.2, 0) is 4.79 Å². The second-order valence-corrected chi connectivity index (χ2v) is 5.01. The van der Waals surface area contributed by atoms with Crippen molar-refractivity contribution in [2.24, 2.45) is 17.8 Å². The van der Waals surface area contributed by atoms with Crippen molar-refractivity contribution in [1.82, 2.24) is 0 Å². The average Bonchev–Trinajstić information content (AvgIpc) is 2.14. The van der Waals surface area contributed by atoms with E-state index in [1.165, 1.54) is 0 Å². The topological polar surface area (TPSA) is 57.5 Å². The van der Waals surface area contributed by atoms with Gasteiger partial charge in [-0.1, -0.05) is 34.6 Å². The second-order valence-electron chi connectivity index (χ2n) is 5.01. The summed E-state index contributed by atoms with van der Waals surface area (Å²) in [5.41, 5.74) is 0. The van der Waals surface area contributed by atoms with Crippen molar-refractivity contribution in [2.75, 3.05) is 0 Å². The fourth-order valence-electron chi connectivity index (χ4n) is 1.40. The molecule has 0 spiro atoms. The summed E-state index contributed by atoms with van der Waals surface area (Å²) in [7, 11) is 0. The van der Waals surface area contributed by atoms with Gasteiger partial charge >= 0.3 is 0 Å². The molecular weight excluding hydrogens is 192 g/mol. The Hall–Kier alpha value is -0.410. The minimum atomic E-state index is -0.614. The van der Waals surface area contributed by atoms with E-state index >= 15 is 0 Å². The van der Waals surface area contributed by atoms with Crippen LogP contribution in [0.4, 0.5) is 0 Å². The number of carbonyl (C=O) groups is 1. The first-order valence-corrected chi connectivity index (χ1v) is 5.66. The van der Waals surface area contributed by atoms with Crippen LogP contribution in [0.25, 0.3) is 0 Å². The monoisotopic (exact) mass is 216 g/mol. The zero-order chi connectivity index (χ0) is 12.2.